The topological polar surface area (TPSA) is 139 Å². The number of carbonyl (C=O) groups is 5. The Morgan fingerprint density at radius 2 is 1.62 bits per heavy atom. The van der Waals surface area contributed by atoms with Crippen molar-refractivity contribution in [3.05, 3.63) is 0 Å². The van der Waals surface area contributed by atoms with Crippen LogP contribution in [0.15, 0.2) is 0 Å². The van der Waals surface area contributed by atoms with Crippen molar-refractivity contribution in [2.45, 2.75) is 105 Å². The summed E-state index contributed by atoms with van der Waals surface area (Å²) in [6, 6.07) is -1.97. The number of piperidine rings is 1. The van der Waals surface area contributed by atoms with Gasteiger partial charge in [0, 0.05) is 24.4 Å². The highest BCUT2D eigenvalue weighted by atomic mass is 16.2. The van der Waals surface area contributed by atoms with E-state index in [-0.39, 0.29) is 35.4 Å². The molecule has 37 heavy (non-hydrogen) atoms. The highest BCUT2D eigenvalue weighted by molar-refractivity contribution is 6.36. The van der Waals surface area contributed by atoms with Gasteiger partial charge in [0.1, 0.15) is 6.04 Å². The van der Waals surface area contributed by atoms with Gasteiger partial charge in [0.05, 0.1) is 6.04 Å². The van der Waals surface area contributed by atoms with E-state index in [0.29, 0.717) is 18.9 Å². The predicted octanol–water partition coefficient (Wildman–Crippen LogP) is 2.80. The molecule has 0 aromatic carbocycles. The maximum atomic E-state index is 13.9. The Labute approximate surface area is 221 Å². The number of nitrogens with one attached hydrogen (secondary N) is 2. The Morgan fingerprint density at radius 3 is 2.08 bits per heavy atom. The quantitative estimate of drug-likeness (QED) is 0.403. The summed E-state index contributed by atoms with van der Waals surface area (Å²) in [7, 11) is 0. The Balaban J connectivity index is 1.83. The summed E-state index contributed by atoms with van der Waals surface area (Å²) in [6.45, 7) is 15.8. The van der Waals surface area contributed by atoms with E-state index in [2.05, 4.69) is 24.5 Å². The van der Waals surface area contributed by atoms with Crippen LogP contribution in [-0.4, -0.2) is 58.5 Å². The first kappa shape index (κ1) is 29.1. The molecule has 0 aromatic rings. The van der Waals surface area contributed by atoms with Gasteiger partial charge in [-0.2, -0.15) is 0 Å². The molecule has 0 spiro atoms. The second-order valence-corrected chi connectivity index (χ2v) is 14.2. The summed E-state index contributed by atoms with van der Waals surface area (Å²) in [5.41, 5.74) is 4.15. The fraction of sp³-hybridized carbons (Fsp3) is 0.821. The zero-order chi connectivity index (χ0) is 28.1. The molecule has 2 saturated carbocycles. The van der Waals surface area contributed by atoms with Crippen molar-refractivity contribution >= 4 is 29.4 Å². The number of rotatable bonds is 9. The first-order valence-electron chi connectivity index (χ1n) is 13.6. The smallest absolute Gasteiger partial charge is 0.315 e. The van der Waals surface area contributed by atoms with Crippen molar-refractivity contribution in [1.82, 2.24) is 15.5 Å². The van der Waals surface area contributed by atoms with Crippen molar-refractivity contribution < 1.29 is 24.0 Å². The number of urea groups is 1. The SMILES string of the molecule is CC(C)(C)NC(=O)N[C@H](C(=O)N1C[C@H]2[C@@H]([C@H]1C(=O)CC(CC1CCC1)C(=O)C(N)=O)C2(C)C)C(C)(C)C. The van der Waals surface area contributed by atoms with Gasteiger partial charge in [-0.15, -0.1) is 0 Å². The lowest BCUT2D eigenvalue weighted by Crippen LogP contribution is -2.60. The predicted molar refractivity (Wildman–Crippen MR) is 140 cm³/mol. The summed E-state index contributed by atoms with van der Waals surface area (Å²) in [6.07, 6.45) is 3.44. The molecule has 0 radical (unpaired) electrons. The van der Waals surface area contributed by atoms with Crippen LogP contribution in [0.5, 0.6) is 0 Å². The molecular formula is C28H46N4O5. The number of primary amides is 1. The van der Waals surface area contributed by atoms with Crippen molar-refractivity contribution in [3.8, 4) is 0 Å². The van der Waals surface area contributed by atoms with Crippen LogP contribution in [-0.2, 0) is 19.2 Å². The zero-order valence-corrected chi connectivity index (χ0v) is 23.8. The molecule has 4 amide bonds. The van der Waals surface area contributed by atoms with Crippen LogP contribution in [0.2, 0.25) is 0 Å². The maximum absolute atomic E-state index is 13.9. The molecule has 3 aliphatic rings. The highest BCUT2D eigenvalue weighted by Crippen LogP contribution is 2.65. The Hall–Kier alpha value is -2.45. The fourth-order valence-corrected chi connectivity index (χ4v) is 6.18. The van der Waals surface area contributed by atoms with Gasteiger partial charge in [0.2, 0.25) is 11.7 Å². The van der Waals surface area contributed by atoms with E-state index in [1.165, 1.54) is 0 Å². The van der Waals surface area contributed by atoms with Gasteiger partial charge in [-0.25, -0.2) is 4.79 Å². The van der Waals surface area contributed by atoms with Crippen LogP contribution in [0.4, 0.5) is 4.79 Å². The molecule has 5 atom stereocenters. The number of hydrogen-bond acceptors (Lipinski definition) is 5. The third-order valence-electron chi connectivity index (χ3n) is 8.60. The number of nitrogens with zero attached hydrogens (tertiary/aromatic N) is 1. The number of likely N-dealkylation sites (tertiary alicyclic amines) is 1. The van der Waals surface area contributed by atoms with Crippen molar-refractivity contribution in [2.24, 2.45) is 40.2 Å². The number of fused-ring (bicyclic) bond motifs is 1. The lowest BCUT2D eigenvalue weighted by molar-refractivity contribution is -0.144. The average molecular weight is 519 g/mol. The maximum Gasteiger partial charge on any atom is 0.315 e. The summed E-state index contributed by atoms with van der Waals surface area (Å²) >= 11 is 0. The van der Waals surface area contributed by atoms with Crippen LogP contribution >= 0.6 is 0 Å². The van der Waals surface area contributed by atoms with E-state index in [1.54, 1.807) is 4.90 Å². The normalized spacial score (nSPS) is 26.4. The summed E-state index contributed by atoms with van der Waals surface area (Å²) in [5, 5.41) is 5.69. The molecule has 1 aliphatic heterocycles. The van der Waals surface area contributed by atoms with Crippen molar-refractivity contribution in [2.75, 3.05) is 6.54 Å². The van der Waals surface area contributed by atoms with Gasteiger partial charge < -0.3 is 21.3 Å². The fourth-order valence-electron chi connectivity index (χ4n) is 6.18. The second-order valence-electron chi connectivity index (χ2n) is 14.2. The molecule has 1 heterocycles. The Morgan fingerprint density at radius 1 is 1.03 bits per heavy atom. The van der Waals surface area contributed by atoms with Crippen LogP contribution < -0.4 is 16.4 Å². The minimum Gasteiger partial charge on any atom is -0.363 e. The van der Waals surface area contributed by atoms with Gasteiger partial charge in [-0.05, 0) is 55.8 Å². The van der Waals surface area contributed by atoms with Gasteiger partial charge in [0.25, 0.3) is 5.91 Å². The van der Waals surface area contributed by atoms with E-state index < -0.39 is 46.7 Å². The highest BCUT2D eigenvalue weighted by Gasteiger charge is 2.69. The molecule has 3 rings (SSSR count). The molecule has 3 fully saturated rings. The standard InChI is InChI=1S/C28H46N4O5/c1-26(2,3)22(30-25(37)31-27(4,5)6)24(36)32-14-17-19(28(17,7)8)20(32)18(33)13-16(21(34)23(29)35)12-15-10-9-11-15/h15-17,19-20,22H,9-14H2,1-8H3,(H2,29,35)(H2,30,31,37)/t16?,17-,19-,20+,22+/m0/s1. The lowest BCUT2D eigenvalue weighted by atomic mass is 9.76. The van der Waals surface area contributed by atoms with Gasteiger partial charge >= 0.3 is 6.03 Å². The largest absolute Gasteiger partial charge is 0.363 e. The van der Waals surface area contributed by atoms with Gasteiger partial charge in [-0.1, -0.05) is 53.9 Å². The van der Waals surface area contributed by atoms with Crippen LogP contribution in [0, 0.1) is 34.5 Å². The second kappa shape index (κ2) is 10.0. The van der Waals surface area contributed by atoms with E-state index in [1.807, 2.05) is 41.5 Å². The molecule has 1 unspecified atom stereocenters. The zero-order valence-electron chi connectivity index (χ0n) is 23.8. The molecule has 2 aliphatic carbocycles. The average Bonchev–Trinajstić information content (AvgIpc) is 3.06. The van der Waals surface area contributed by atoms with Crippen LogP contribution in [0.1, 0.15) is 87.5 Å². The summed E-state index contributed by atoms with van der Waals surface area (Å²) in [5.74, 6) is -2.47. The number of nitrogens with two attached hydrogens (primary N) is 1. The monoisotopic (exact) mass is 518 g/mol. The molecule has 0 bridgehead atoms. The Kier molecular flexibility index (Phi) is 7.89. The lowest BCUT2D eigenvalue weighted by Gasteiger charge is -2.38. The first-order chi connectivity index (χ1) is 16.8. The molecule has 208 valence electrons. The molecular weight excluding hydrogens is 472 g/mol. The minimum absolute atomic E-state index is 0.0130. The summed E-state index contributed by atoms with van der Waals surface area (Å²) in [4.78, 5) is 66.4. The van der Waals surface area contributed by atoms with Crippen molar-refractivity contribution in [1.29, 1.82) is 0 Å². The van der Waals surface area contributed by atoms with Crippen LogP contribution in [0.3, 0.4) is 0 Å². The third-order valence-corrected chi connectivity index (χ3v) is 8.60. The van der Waals surface area contributed by atoms with E-state index in [4.69, 9.17) is 5.73 Å². The van der Waals surface area contributed by atoms with Gasteiger partial charge in [-0.3, -0.25) is 19.2 Å². The van der Waals surface area contributed by atoms with E-state index in [0.717, 1.165) is 19.3 Å². The first-order valence-corrected chi connectivity index (χ1v) is 13.6. The molecule has 1 saturated heterocycles. The summed E-state index contributed by atoms with van der Waals surface area (Å²) < 4.78 is 0. The molecule has 0 aromatic heterocycles. The number of hydrogen-bond donors (Lipinski definition) is 3. The number of Topliss-reactive ketones (excluding diaryl/α,β-unsaturated/α-hetero) is 2. The number of carbonyl (C=O) groups excluding carboxylic acids is 5. The third kappa shape index (κ3) is 6.34. The number of amides is 4. The van der Waals surface area contributed by atoms with Crippen molar-refractivity contribution in [3.63, 3.8) is 0 Å². The Bertz CT molecular complexity index is 957. The molecule has 4 N–H and O–H groups in total. The molecule has 9 heteroatoms. The van der Waals surface area contributed by atoms with Crippen LogP contribution in [0.25, 0.3) is 0 Å². The van der Waals surface area contributed by atoms with E-state index >= 15 is 0 Å². The van der Waals surface area contributed by atoms with E-state index in [9.17, 15) is 24.0 Å². The molecule has 9 nitrogen and oxygen atoms in total. The van der Waals surface area contributed by atoms with Gasteiger partial charge in [0.15, 0.2) is 5.78 Å². The minimum atomic E-state index is -1.01. The number of ketones is 2.